The van der Waals surface area contributed by atoms with Gasteiger partial charge in [0.15, 0.2) is 5.66 Å². The van der Waals surface area contributed by atoms with E-state index in [4.69, 9.17) is 0 Å². The first-order chi connectivity index (χ1) is 7.68. The fourth-order valence-electron chi connectivity index (χ4n) is 1.61. The van der Waals surface area contributed by atoms with Crippen LogP contribution in [0.2, 0.25) is 0 Å². The van der Waals surface area contributed by atoms with Crippen LogP contribution < -0.4 is 0 Å². The van der Waals surface area contributed by atoms with Crippen molar-refractivity contribution >= 4 is 12.2 Å². The van der Waals surface area contributed by atoms with Gasteiger partial charge in [-0.3, -0.25) is 0 Å². The number of hydrogen-bond acceptors (Lipinski definition) is 4. The van der Waals surface area contributed by atoms with Crippen molar-refractivity contribution < 1.29 is 9.59 Å². The molecule has 16 heavy (non-hydrogen) atoms. The number of aryl methyl sites for hydroxylation is 1. The van der Waals surface area contributed by atoms with Crippen LogP contribution in [0.15, 0.2) is 34.3 Å². The van der Waals surface area contributed by atoms with Crippen LogP contribution >= 0.6 is 0 Å². The smallest absolute Gasteiger partial charge is 0.211 e. The van der Waals surface area contributed by atoms with Gasteiger partial charge in [0.1, 0.15) is 0 Å². The van der Waals surface area contributed by atoms with Gasteiger partial charge < -0.3 is 0 Å². The number of hydrogen-bond donors (Lipinski definition) is 0. The molecule has 1 aromatic carbocycles. The third-order valence-corrected chi connectivity index (χ3v) is 2.44. The van der Waals surface area contributed by atoms with E-state index in [2.05, 4.69) is 9.98 Å². The van der Waals surface area contributed by atoms with Crippen molar-refractivity contribution in [3.05, 3.63) is 35.4 Å². The summed E-state index contributed by atoms with van der Waals surface area (Å²) in [4.78, 5) is 28.0. The predicted molar refractivity (Wildman–Crippen MR) is 59.4 cm³/mol. The van der Waals surface area contributed by atoms with Crippen LogP contribution in [-0.2, 0) is 21.7 Å². The maximum absolute atomic E-state index is 10.4. The second-order valence-electron chi connectivity index (χ2n) is 3.44. The van der Waals surface area contributed by atoms with E-state index in [0.717, 1.165) is 17.5 Å². The number of aliphatic imine (C=N–C) groups is 2. The first kappa shape index (κ1) is 12.1. The van der Waals surface area contributed by atoms with Crippen LogP contribution in [0.3, 0.4) is 0 Å². The summed E-state index contributed by atoms with van der Waals surface area (Å²) < 4.78 is 0. The van der Waals surface area contributed by atoms with Crippen molar-refractivity contribution in [3.8, 4) is 0 Å². The summed E-state index contributed by atoms with van der Waals surface area (Å²) in [6.07, 6.45) is 3.66. The third kappa shape index (κ3) is 2.31. The molecule has 0 spiro atoms. The zero-order valence-corrected chi connectivity index (χ0v) is 9.23. The van der Waals surface area contributed by atoms with Crippen molar-refractivity contribution in [3.63, 3.8) is 0 Å². The Hall–Kier alpha value is -2.02. The highest BCUT2D eigenvalue weighted by Gasteiger charge is 2.27. The van der Waals surface area contributed by atoms with E-state index in [9.17, 15) is 9.59 Å². The Balaban J connectivity index is 3.42. The van der Waals surface area contributed by atoms with Gasteiger partial charge >= 0.3 is 0 Å². The van der Waals surface area contributed by atoms with E-state index in [-0.39, 0.29) is 0 Å². The first-order valence-electron chi connectivity index (χ1n) is 4.94. The molecule has 0 atom stereocenters. The van der Waals surface area contributed by atoms with E-state index in [1.54, 1.807) is 13.0 Å². The van der Waals surface area contributed by atoms with Crippen LogP contribution in [0.4, 0.5) is 0 Å². The molecule has 0 fully saturated rings. The molecule has 1 rings (SSSR count). The molecule has 0 aromatic heterocycles. The number of benzene rings is 1. The van der Waals surface area contributed by atoms with Gasteiger partial charge in [-0.25, -0.2) is 9.59 Å². The van der Waals surface area contributed by atoms with E-state index in [1.807, 2.05) is 25.1 Å². The lowest BCUT2D eigenvalue weighted by atomic mass is 9.95. The molecule has 0 aliphatic heterocycles. The lowest BCUT2D eigenvalue weighted by Gasteiger charge is -2.19. The highest BCUT2D eigenvalue weighted by Crippen LogP contribution is 2.29. The SMILES string of the molecule is CCc1ccccc1C(C)(N=C=O)N=C=O. The summed E-state index contributed by atoms with van der Waals surface area (Å²) in [5.41, 5.74) is 0.503. The summed E-state index contributed by atoms with van der Waals surface area (Å²) in [6, 6.07) is 7.40. The summed E-state index contributed by atoms with van der Waals surface area (Å²) in [5, 5.41) is 0. The lowest BCUT2D eigenvalue weighted by molar-refractivity contribution is 0.489. The second-order valence-corrected chi connectivity index (χ2v) is 3.44. The maximum atomic E-state index is 10.4. The van der Waals surface area contributed by atoms with Crippen molar-refractivity contribution in [1.29, 1.82) is 0 Å². The normalized spacial score (nSPS) is 13.1. The highest BCUT2D eigenvalue weighted by atomic mass is 16.1. The van der Waals surface area contributed by atoms with E-state index >= 15 is 0 Å². The molecule has 0 bridgehead atoms. The summed E-state index contributed by atoms with van der Waals surface area (Å²) in [6.45, 7) is 3.56. The average molecular weight is 216 g/mol. The summed E-state index contributed by atoms with van der Waals surface area (Å²) >= 11 is 0. The molecular formula is C12H12N2O2. The van der Waals surface area contributed by atoms with Gasteiger partial charge in [0.25, 0.3) is 0 Å². The number of nitrogens with zero attached hydrogens (tertiary/aromatic N) is 2. The topological polar surface area (TPSA) is 58.9 Å². The van der Waals surface area contributed by atoms with Crippen molar-refractivity contribution in [2.45, 2.75) is 25.9 Å². The zero-order valence-electron chi connectivity index (χ0n) is 9.23. The standard InChI is InChI=1S/C12H12N2O2/c1-3-10-6-4-5-7-11(10)12(2,13-8-15)14-9-16/h4-7H,3H2,1-2H3. The number of carbonyl (C=O) groups excluding carboxylic acids is 2. The fourth-order valence-corrected chi connectivity index (χ4v) is 1.61. The molecule has 0 radical (unpaired) electrons. The van der Waals surface area contributed by atoms with Crippen molar-refractivity contribution in [2.24, 2.45) is 9.98 Å². The Morgan fingerprint density at radius 1 is 1.19 bits per heavy atom. The average Bonchev–Trinajstić information content (AvgIpc) is 2.29. The molecule has 1 aromatic rings. The molecule has 82 valence electrons. The van der Waals surface area contributed by atoms with E-state index in [1.165, 1.54) is 12.2 Å². The molecule has 0 saturated carbocycles. The van der Waals surface area contributed by atoms with Gasteiger partial charge in [-0.2, -0.15) is 9.98 Å². The maximum Gasteiger partial charge on any atom is 0.237 e. The Morgan fingerprint density at radius 3 is 2.25 bits per heavy atom. The zero-order chi connectivity index (χ0) is 12.0. The number of isocyanates is 2. The predicted octanol–water partition coefficient (Wildman–Crippen LogP) is 2.09. The van der Waals surface area contributed by atoms with Gasteiger partial charge in [-0.05, 0) is 18.9 Å². The molecule has 4 heteroatoms. The quantitative estimate of drug-likeness (QED) is 0.571. The van der Waals surface area contributed by atoms with E-state index < -0.39 is 5.66 Å². The monoisotopic (exact) mass is 216 g/mol. The Morgan fingerprint density at radius 2 is 1.75 bits per heavy atom. The van der Waals surface area contributed by atoms with Gasteiger partial charge in [0.05, 0.1) is 0 Å². The molecule has 4 nitrogen and oxygen atoms in total. The van der Waals surface area contributed by atoms with Crippen LogP contribution in [-0.4, -0.2) is 12.2 Å². The minimum atomic E-state index is -1.21. The van der Waals surface area contributed by atoms with Gasteiger partial charge in [-0.1, -0.05) is 31.2 Å². The molecule has 0 aliphatic carbocycles. The minimum Gasteiger partial charge on any atom is -0.211 e. The molecule has 0 unspecified atom stereocenters. The van der Waals surface area contributed by atoms with Crippen LogP contribution in [0.25, 0.3) is 0 Å². The molecule has 0 N–H and O–H groups in total. The summed E-state index contributed by atoms with van der Waals surface area (Å²) in [7, 11) is 0. The summed E-state index contributed by atoms with van der Waals surface area (Å²) in [5.74, 6) is 0. The first-order valence-corrected chi connectivity index (χ1v) is 4.94. The highest BCUT2D eigenvalue weighted by molar-refractivity contribution is 5.44. The molecule has 0 saturated heterocycles. The molecule has 0 aliphatic rings. The van der Waals surface area contributed by atoms with Crippen molar-refractivity contribution in [2.75, 3.05) is 0 Å². The Bertz CT molecular complexity index is 452. The van der Waals surface area contributed by atoms with Gasteiger partial charge in [0.2, 0.25) is 12.2 Å². The largest absolute Gasteiger partial charge is 0.237 e. The molecular weight excluding hydrogens is 204 g/mol. The van der Waals surface area contributed by atoms with Crippen LogP contribution in [0, 0.1) is 0 Å². The van der Waals surface area contributed by atoms with Crippen LogP contribution in [0.1, 0.15) is 25.0 Å². The Labute approximate surface area is 93.7 Å². The Kier molecular flexibility index (Phi) is 3.90. The van der Waals surface area contributed by atoms with E-state index in [0.29, 0.717) is 0 Å². The second kappa shape index (κ2) is 5.17. The van der Waals surface area contributed by atoms with Gasteiger partial charge in [-0.15, -0.1) is 0 Å². The van der Waals surface area contributed by atoms with Crippen LogP contribution in [0.5, 0.6) is 0 Å². The fraction of sp³-hybridized carbons (Fsp3) is 0.333. The van der Waals surface area contributed by atoms with Crippen molar-refractivity contribution in [1.82, 2.24) is 0 Å². The minimum absolute atomic E-state index is 0.726. The molecule has 0 heterocycles. The molecule has 0 amide bonds. The van der Waals surface area contributed by atoms with Gasteiger partial charge in [0, 0.05) is 5.56 Å². The third-order valence-electron chi connectivity index (χ3n) is 2.44. The lowest BCUT2D eigenvalue weighted by Crippen LogP contribution is -2.17. The number of rotatable bonds is 4.